The van der Waals surface area contributed by atoms with Crippen molar-refractivity contribution < 1.29 is 22.7 Å². The summed E-state index contributed by atoms with van der Waals surface area (Å²) < 4.78 is 42.4. The van der Waals surface area contributed by atoms with Crippen LogP contribution in [0.15, 0.2) is 24.3 Å². The number of halogens is 4. The Balaban J connectivity index is 0.00000220. The third-order valence-corrected chi connectivity index (χ3v) is 3.29. The molecule has 118 valence electrons. The van der Waals surface area contributed by atoms with Crippen molar-refractivity contribution in [2.24, 2.45) is 0 Å². The summed E-state index contributed by atoms with van der Waals surface area (Å²) in [6.45, 7) is 3.52. The van der Waals surface area contributed by atoms with Gasteiger partial charge in [-0.1, -0.05) is 12.1 Å². The van der Waals surface area contributed by atoms with Crippen LogP contribution in [-0.2, 0) is 10.9 Å². The first-order valence-corrected chi connectivity index (χ1v) is 6.47. The molecule has 1 aliphatic heterocycles. The molecule has 0 spiro atoms. The molecule has 0 saturated carbocycles. The van der Waals surface area contributed by atoms with E-state index in [0.717, 1.165) is 25.2 Å². The molecule has 0 N–H and O–H groups in total. The van der Waals surface area contributed by atoms with Gasteiger partial charge in [0.2, 0.25) is 0 Å². The number of ether oxygens (including phenoxy) is 1. The van der Waals surface area contributed by atoms with E-state index in [1.807, 2.05) is 0 Å². The summed E-state index contributed by atoms with van der Waals surface area (Å²) in [6.07, 6.45) is -4.05. The molecule has 21 heavy (non-hydrogen) atoms. The molecule has 0 amide bonds. The Labute approximate surface area is 127 Å². The largest absolute Gasteiger partial charge is 0.416 e. The highest BCUT2D eigenvalue weighted by atomic mass is 35.5. The molecule has 0 aromatic heterocycles. The SMILES string of the molecule is Cl.O=C(CCN1CCOCC1)c1ccc(C(F)(F)F)cc1. The van der Waals surface area contributed by atoms with E-state index in [1.54, 1.807) is 0 Å². The third kappa shape index (κ3) is 5.30. The van der Waals surface area contributed by atoms with Crippen molar-refractivity contribution in [3.05, 3.63) is 35.4 Å². The first-order chi connectivity index (χ1) is 9.47. The van der Waals surface area contributed by atoms with Crippen LogP contribution >= 0.6 is 12.4 Å². The number of rotatable bonds is 4. The Bertz CT molecular complexity index is 456. The summed E-state index contributed by atoms with van der Waals surface area (Å²) in [6, 6.07) is 4.37. The smallest absolute Gasteiger partial charge is 0.379 e. The molecule has 1 fully saturated rings. The maximum Gasteiger partial charge on any atom is 0.416 e. The van der Waals surface area contributed by atoms with Crippen LogP contribution in [0.2, 0.25) is 0 Å². The van der Waals surface area contributed by atoms with Gasteiger partial charge in [0.1, 0.15) is 0 Å². The van der Waals surface area contributed by atoms with E-state index in [-0.39, 0.29) is 18.2 Å². The molecule has 0 aliphatic carbocycles. The molecule has 0 atom stereocenters. The van der Waals surface area contributed by atoms with Crippen LogP contribution in [-0.4, -0.2) is 43.5 Å². The topological polar surface area (TPSA) is 29.5 Å². The van der Waals surface area contributed by atoms with Gasteiger partial charge in [0, 0.05) is 31.6 Å². The molecular formula is C14H17ClF3NO2. The lowest BCUT2D eigenvalue weighted by Gasteiger charge is -2.26. The number of hydrogen-bond donors (Lipinski definition) is 0. The summed E-state index contributed by atoms with van der Waals surface area (Å²) in [4.78, 5) is 14.0. The predicted molar refractivity (Wildman–Crippen MR) is 74.9 cm³/mol. The van der Waals surface area contributed by atoms with Crippen LogP contribution in [0.4, 0.5) is 13.2 Å². The minimum Gasteiger partial charge on any atom is -0.379 e. The van der Waals surface area contributed by atoms with Gasteiger partial charge in [0.05, 0.1) is 18.8 Å². The molecule has 0 unspecified atom stereocenters. The Kier molecular flexibility index (Phi) is 6.64. The molecule has 3 nitrogen and oxygen atoms in total. The van der Waals surface area contributed by atoms with Crippen molar-refractivity contribution in [2.45, 2.75) is 12.6 Å². The second-order valence-corrected chi connectivity index (χ2v) is 4.70. The van der Waals surface area contributed by atoms with Crippen molar-refractivity contribution in [3.8, 4) is 0 Å². The number of hydrogen-bond acceptors (Lipinski definition) is 3. The molecule has 1 saturated heterocycles. The number of benzene rings is 1. The number of nitrogens with zero attached hydrogens (tertiary/aromatic N) is 1. The van der Waals surface area contributed by atoms with E-state index in [0.29, 0.717) is 31.7 Å². The summed E-state index contributed by atoms with van der Waals surface area (Å²) in [5.41, 5.74) is -0.409. The number of carbonyl (C=O) groups is 1. The van der Waals surface area contributed by atoms with E-state index in [2.05, 4.69) is 4.90 Å². The highest BCUT2D eigenvalue weighted by Crippen LogP contribution is 2.29. The minimum atomic E-state index is -4.37. The standard InChI is InChI=1S/C14H16F3NO2.ClH/c15-14(16,17)12-3-1-11(2-4-12)13(19)5-6-18-7-9-20-10-8-18;/h1-4H,5-10H2;1H. The van der Waals surface area contributed by atoms with Crippen molar-refractivity contribution in [1.29, 1.82) is 0 Å². The first kappa shape index (κ1) is 17.9. The van der Waals surface area contributed by atoms with Crippen LogP contribution in [0.5, 0.6) is 0 Å². The predicted octanol–water partition coefficient (Wildman–Crippen LogP) is 3.03. The molecule has 2 rings (SSSR count). The van der Waals surface area contributed by atoms with Crippen molar-refractivity contribution in [3.63, 3.8) is 0 Å². The van der Waals surface area contributed by atoms with Gasteiger partial charge in [-0.15, -0.1) is 12.4 Å². The maximum absolute atomic E-state index is 12.4. The quantitative estimate of drug-likeness (QED) is 0.798. The molecule has 0 radical (unpaired) electrons. The van der Waals surface area contributed by atoms with Gasteiger partial charge in [-0.3, -0.25) is 9.69 Å². The van der Waals surface area contributed by atoms with Crippen LogP contribution in [0, 0.1) is 0 Å². The zero-order valence-electron chi connectivity index (χ0n) is 11.4. The summed E-state index contributed by atoms with van der Waals surface area (Å²) in [7, 11) is 0. The molecular weight excluding hydrogens is 307 g/mol. The van der Waals surface area contributed by atoms with Crippen LogP contribution < -0.4 is 0 Å². The second kappa shape index (κ2) is 7.77. The number of ketones is 1. The van der Waals surface area contributed by atoms with Gasteiger partial charge in [-0.2, -0.15) is 13.2 Å². The Morgan fingerprint density at radius 3 is 2.24 bits per heavy atom. The molecule has 1 aromatic carbocycles. The van der Waals surface area contributed by atoms with Gasteiger partial charge in [0.25, 0.3) is 0 Å². The minimum absolute atomic E-state index is 0. The number of carbonyl (C=O) groups excluding carboxylic acids is 1. The molecule has 1 aliphatic rings. The van der Waals surface area contributed by atoms with Gasteiger partial charge in [-0.05, 0) is 12.1 Å². The lowest BCUT2D eigenvalue weighted by molar-refractivity contribution is -0.137. The van der Waals surface area contributed by atoms with Crippen molar-refractivity contribution >= 4 is 18.2 Å². The lowest BCUT2D eigenvalue weighted by atomic mass is 10.1. The Hall–Kier alpha value is -1.11. The lowest BCUT2D eigenvalue weighted by Crippen LogP contribution is -2.37. The zero-order chi connectivity index (χ0) is 14.6. The van der Waals surface area contributed by atoms with E-state index in [1.165, 1.54) is 12.1 Å². The highest BCUT2D eigenvalue weighted by Gasteiger charge is 2.30. The normalized spacial score (nSPS) is 16.3. The molecule has 0 bridgehead atoms. The summed E-state index contributed by atoms with van der Waals surface area (Å²) >= 11 is 0. The number of alkyl halides is 3. The van der Waals surface area contributed by atoms with E-state index in [9.17, 15) is 18.0 Å². The van der Waals surface area contributed by atoms with Gasteiger partial charge in [-0.25, -0.2) is 0 Å². The fourth-order valence-electron chi connectivity index (χ4n) is 2.07. The average molecular weight is 324 g/mol. The van der Waals surface area contributed by atoms with Crippen molar-refractivity contribution in [1.82, 2.24) is 4.90 Å². The van der Waals surface area contributed by atoms with Crippen LogP contribution in [0.3, 0.4) is 0 Å². The summed E-state index contributed by atoms with van der Waals surface area (Å²) in [5, 5.41) is 0. The zero-order valence-corrected chi connectivity index (χ0v) is 12.2. The molecule has 1 aromatic rings. The maximum atomic E-state index is 12.4. The summed E-state index contributed by atoms with van der Waals surface area (Å²) in [5.74, 6) is -0.134. The van der Waals surface area contributed by atoms with E-state index < -0.39 is 11.7 Å². The van der Waals surface area contributed by atoms with Crippen LogP contribution in [0.25, 0.3) is 0 Å². The number of morpholine rings is 1. The monoisotopic (exact) mass is 323 g/mol. The fraction of sp³-hybridized carbons (Fsp3) is 0.500. The third-order valence-electron chi connectivity index (χ3n) is 3.29. The van der Waals surface area contributed by atoms with E-state index in [4.69, 9.17) is 4.74 Å². The van der Waals surface area contributed by atoms with E-state index >= 15 is 0 Å². The fourth-order valence-corrected chi connectivity index (χ4v) is 2.07. The Morgan fingerprint density at radius 2 is 1.71 bits per heavy atom. The van der Waals surface area contributed by atoms with Gasteiger partial charge < -0.3 is 4.74 Å². The van der Waals surface area contributed by atoms with Gasteiger partial charge >= 0.3 is 6.18 Å². The average Bonchev–Trinajstić information content (AvgIpc) is 2.45. The Morgan fingerprint density at radius 1 is 1.14 bits per heavy atom. The number of Topliss-reactive ketones (excluding diaryl/α,β-unsaturated/α-hetero) is 1. The highest BCUT2D eigenvalue weighted by molar-refractivity contribution is 5.96. The van der Waals surface area contributed by atoms with Crippen molar-refractivity contribution in [2.75, 3.05) is 32.8 Å². The van der Waals surface area contributed by atoms with Gasteiger partial charge in [0.15, 0.2) is 5.78 Å². The first-order valence-electron chi connectivity index (χ1n) is 6.47. The molecule has 7 heteroatoms. The van der Waals surface area contributed by atoms with Crippen LogP contribution in [0.1, 0.15) is 22.3 Å². The molecule has 1 heterocycles. The second-order valence-electron chi connectivity index (χ2n) is 4.70.